The van der Waals surface area contributed by atoms with Crippen LogP contribution < -0.4 is 10.6 Å². The van der Waals surface area contributed by atoms with Crippen molar-refractivity contribution >= 4 is 23.3 Å². The van der Waals surface area contributed by atoms with Crippen molar-refractivity contribution < 1.29 is 31.9 Å². The van der Waals surface area contributed by atoms with Crippen LogP contribution in [0.4, 0.5) is 23.2 Å². The van der Waals surface area contributed by atoms with E-state index in [1.807, 2.05) is 5.32 Å². The van der Waals surface area contributed by atoms with Gasteiger partial charge >= 0.3 is 6.18 Å². The number of rotatable bonds is 7. The Morgan fingerprint density at radius 2 is 2.00 bits per heavy atom. The summed E-state index contributed by atoms with van der Waals surface area (Å²) in [5.74, 6) is -3.99. The topological polar surface area (TPSA) is 146 Å². The minimum Gasteiger partial charge on any atom is -0.346 e. The van der Waals surface area contributed by atoms with Crippen LogP contribution in [-0.4, -0.2) is 43.8 Å². The van der Waals surface area contributed by atoms with Crippen molar-refractivity contribution in [3.8, 4) is 6.07 Å². The van der Waals surface area contributed by atoms with Gasteiger partial charge in [0.05, 0.1) is 24.2 Å². The van der Waals surface area contributed by atoms with Crippen LogP contribution in [0.3, 0.4) is 0 Å². The Hall–Kier alpha value is -4.54. The summed E-state index contributed by atoms with van der Waals surface area (Å²) in [6, 6.07) is 3.33. The van der Waals surface area contributed by atoms with Crippen LogP contribution in [0.15, 0.2) is 30.6 Å². The van der Waals surface area contributed by atoms with Gasteiger partial charge in [-0.05, 0) is 30.7 Å². The van der Waals surface area contributed by atoms with E-state index in [1.54, 1.807) is 6.07 Å². The Bertz CT molecular complexity index is 1320. The zero-order valence-electron chi connectivity index (χ0n) is 18.2. The summed E-state index contributed by atoms with van der Waals surface area (Å²) in [5, 5.41) is 22.5. The number of amides is 2. The normalized spacial score (nSPS) is 12.0. The van der Waals surface area contributed by atoms with Gasteiger partial charge < -0.3 is 15.2 Å². The first kappa shape index (κ1) is 25.1. The number of aromatic nitrogens is 4. The van der Waals surface area contributed by atoms with Gasteiger partial charge in [0.1, 0.15) is 23.3 Å². The minimum absolute atomic E-state index is 0.0349. The molecule has 0 saturated carbocycles. The third kappa shape index (κ3) is 5.69. The Labute approximate surface area is 194 Å². The van der Waals surface area contributed by atoms with E-state index in [9.17, 15) is 31.9 Å². The highest BCUT2D eigenvalue weighted by atomic mass is 19.4. The molecule has 0 aliphatic carbocycles. The number of hydrogen-bond acceptors (Lipinski definition) is 6. The number of carbonyl (C=O) groups is 3. The lowest BCUT2D eigenvalue weighted by Gasteiger charge is -2.17. The average molecular weight is 491 g/mol. The van der Waals surface area contributed by atoms with Crippen LogP contribution in [-0.2, 0) is 11.8 Å². The minimum atomic E-state index is -4.67. The number of nitriles is 1. The molecule has 2 heterocycles. The first-order valence-electron chi connectivity index (χ1n) is 9.85. The summed E-state index contributed by atoms with van der Waals surface area (Å²) in [4.78, 5) is 38.0. The van der Waals surface area contributed by atoms with Gasteiger partial charge in [-0.3, -0.25) is 14.4 Å². The molecule has 0 spiro atoms. The molecule has 0 unspecified atom stereocenters. The molecule has 3 N–H and O–H groups in total. The van der Waals surface area contributed by atoms with Crippen molar-refractivity contribution in [3.63, 3.8) is 0 Å². The smallest absolute Gasteiger partial charge is 0.346 e. The van der Waals surface area contributed by atoms with Crippen LogP contribution >= 0.6 is 0 Å². The molecule has 1 aromatic carbocycles. The van der Waals surface area contributed by atoms with E-state index < -0.39 is 42.1 Å². The molecule has 2 aromatic heterocycles. The number of hydrogen-bond donors (Lipinski definition) is 3. The summed E-state index contributed by atoms with van der Waals surface area (Å²) in [6.07, 6.45) is -3.97. The van der Waals surface area contributed by atoms with Crippen molar-refractivity contribution in [1.82, 2.24) is 25.3 Å². The Morgan fingerprint density at radius 1 is 1.29 bits per heavy atom. The van der Waals surface area contributed by atoms with Gasteiger partial charge in [0.2, 0.25) is 0 Å². The highest BCUT2D eigenvalue weighted by Crippen LogP contribution is 2.28. The maximum atomic E-state index is 13.5. The van der Waals surface area contributed by atoms with Crippen LogP contribution in [0, 0.1) is 24.1 Å². The number of carbonyl (C=O) groups excluding carboxylic acids is 3. The first-order chi connectivity index (χ1) is 16.4. The number of halogens is 4. The third-order valence-electron chi connectivity index (χ3n) is 4.98. The Kier molecular flexibility index (Phi) is 6.99. The third-order valence-corrected chi connectivity index (χ3v) is 4.98. The Balaban J connectivity index is 1.82. The lowest BCUT2D eigenvalue weighted by atomic mass is 10.1. The number of aromatic amines is 1. The molecular weight excluding hydrogens is 474 g/mol. The molecular formula is C21H17F4N7O3. The molecule has 10 nitrogen and oxygen atoms in total. The lowest BCUT2D eigenvalue weighted by molar-refractivity contribution is -0.142. The number of anilines is 1. The zero-order chi connectivity index (χ0) is 25.9. The van der Waals surface area contributed by atoms with Gasteiger partial charge in [-0.25, -0.2) is 4.39 Å². The van der Waals surface area contributed by atoms with Crippen LogP contribution in [0.5, 0.6) is 0 Å². The molecule has 0 saturated heterocycles. The van der Waals surface area contributed by atoms with E-state index in [4.69, 9.17) is 5.26 Å². The van der Waals surface area contributed by atoms with Crippen molar-refractivity contribution in [2.45, 2.75) is 25.6 Å². The SMILES string of the molecule is Cc1c(C(=O)C(=O)N[C@H](CC(F)(F)F)c2cn[nH]n2)cn(C)c1C(=O)Nc1ccc(F)c(C#N)c1. The molecule has 0 fully saturated rings. The van der Waals surface area contributed by atoms with Gasteiger partial charge in [0.25, 0.3) is 17.6 Å². The van der Waals surface area contributed by atoms with E-state index in [-0.39, 0.29) is 33.8 Å². The number of aryl methyl sites for hydroxylation is 1. The molecule has 0 aliphatic rings. The van der Waals surface area contributed by atoms with Crippen molar-refractivity contribution in [2.75, 3.05) is 5.32 Å². The second-order valence-corrected chi connectivity index (χ2v) is 7.46. The molecule has 1 atom stereocenters. The highest BCUT2D eigenvalue weighted by molar-refractivity contribution is 6.43. The van der Waals surface area contributed by atoms with E-state index in [0.29, 0.717) is 0 Å². The van der Waals surface area contributed by atoms with E-state index in [0.717, 1.165) is 18.3 Å². The number of H-pyrrole nitrogens is 1. The van der Waals surface area contributed by atoms with Crippen molar-refractivity contribution in [3.05, 3.63) is 64.5 Å². The number of benzene rings is 1. The first-order valence-corrected chi connectivity index (χ1v) is 9.85. The fraction of sp³-hybridized carbons (Fsp3) is 0.238. The average Bonchev–Trinajstić information content (AvgIpc) is 3.41. The largest absolute Gasteiger partial charge is 0.391 e. The number of nitrogens with zero attached hydrogens (tertiary/aromatic N) is 4. The number of ketones is 1. The van der Waals surface area contributed by atoms with Crippen LogP contribution in [0.1, 0.15) is 50.1 Å². The number of nitrogens with one attached hydrogen (secondary N) is 3. The molecule has 3 rings (SSSR count). The van der Waals surface area contributed by atoms with Gasteiger partial charge in [-0.2, -0.15) is 33.8 Å². The summed E-state index contributed by atoms with van der Waals surface area (Å²) < 4.78 is 53.6. The molecule has 35 heavy (non-hydrogen) atoms. The van der Waals surface area contributed by atoms with E-state index in [1.165, 1.54) is 30.8 Å². The maximum absolute atomic E-state index is 13.5. The number of Topliss-reactive ketones (excluding diaryl/α,β-unsaturated/α-hetero) is 1. The Morgan fingerprint density at radius 3 is 2.60 bits per heavy atom. The van der Waals surface area contributed by atoms with Crippen LogP contribution in [0.25, 0.3) is 0 Å². The van der Waals surface area contributed by atoms with Gasteiger partial charge in [-0.1, -0.05) is 0 Å². The van der Waals surface area contributed by atoms with Gasteiger partial charge in [0, 0.05) is 24.5 Å². The predicted octanol–water partition coefficient (Wildman–Crippen LogP) is 2.71. The predicted molar refractivity (Wildman–Crippen MR) is 111 cm³/mol. The van der Waals surface area contributed by atoms with Crippen molar-refractivity contribution in [2.24, 2.45) is 7.05 Å². The zero-order valence-corrected chi connectivity index (χ0v) is 18.2. The van der Waals surface area contributed by atoms with Crippen LogP contribution in [0.2, 0.25) is 0 Å². The summed E-state index contributed by atoms with van der Waals surface area (Å²) in [7, 11) is 1.42. The van der Waals surface area contributed by atoms with E-state index in [2.05, 4.69) is 20.7 Å². The van der Waals surface area contributed by atoms with Gasteiger partial charge in [0.15, 0.2) is 0 Å². The second kappa shape index (κ2) is 9.75. The quantitative estimate of drug-likeness (QED) is 0.263. The number of alkyl halides is 3. The molecule has 14 heteroatoms. The fourth-order valence-electron chi connectivity index (χ4n) is 3.37. The standard InChI is InChI=1S/C21H17F4N7O3/c1-10-13(18(33)20(35)29-15(6-21(23,24)25)16-8-27-31-30-16)9-32(2)17(10)19(34)28-12-3-4-14(22)11(5-12)7-26/h3-5,8-9,15H,6H2,1-2H3,(H,28,34)(H,29,35)(H,27,30,31)/t15-/m1/s1. The second-order valence-electron chi connectivity index (χ2n) is 7.46. The van der Waals surface area contributed by atoms with E-state index >= 15 is 0 Å². The molecule has 2 amide bonds. The molecule has 3 aromatic rings. The highest BCUT2D eigenvalue weighted by Gasteiger charge is 2.36. The maximum Gasteiger partial charge on any atom is 0.391 e. The summed E-state index contributed by atoms with van der Waals surface area (Å²) in [6.45, 7) is 1.38. The molecule has 0 bridgehead atoms. The molecule has 0 aliphatic heterocycles. The van der Waals surface area contributed by atoms with Crippen molar-refractivity contribution in [1.29, 1.82) is 5.26 Å². The summed E-state index contributed by atoms with van der Waals surface area (Å²) in [5.41, 5.74) is -0.558. The molecule has 182 valence electrons. The molecule has 0 radical (unpaired) electrons. The van der Waals surface area contributed by atoms with Gasteiger partial charge in [-0.15, -0.1) is 0 Å². The summed E-state index contributed by atoms with van der Waals surface area (Å²) >= 11 is 0. The fourth-order valence-corrected chi connectivity index (χ4v) is 3.37. The monoisotopic (exact) mass is 491 g/mol. The lowest BCUT2D eigenvalue weighted by Crippen LogP contribution is -2.37.